The van der Waals surface area contributed by atoms with Gasteiger partial charge in [-0.15, -0.1) is 0 Å². The molecule has 0 spiro atoms. The van der Waals surface area contributed by atoms with Gasteiger partial charge in [0.2, 0.25) is 0 Å². The van der Waals surface area contributed by atoms with E-state index in [-0.39, 0.29) is 23.5 Å². The molecule has 4 heteroatoms. The Labute approximate surface area is 129 Å². The first kappa shape index (κ1) is 14.0. The molecule has 2 atom stereocenters. The molecule has 0 saturated heterocycles. The summed E-state index contributed by atoms with van der Waals surface area (Å²) in [4.78, 5) is 0. The van der Waals surface area contributed by atoms with Crippen LogP contribution in [0.25, 0.3) is 0 Å². The van der Waals surface area contributed by atoms with Crippen LogP contribution in [0.15, 0.2) is 66.1 Å². The quantitative estimate of drug-likeness (QED) is 0.891. The minimum atomic E-state index is -0.179. The monoisotopic (exact) mass is 292 g/mol. The zero-order valence-electron chi connectivity index (χ0n) is 11.9. The average Bonchev–Trinajstić information content (AvgIpc) is 2.56. The molecular formula is C18H16N2O2. The van der Waals surface area contributed by atoms with Gasteiger partial charge in [0, 0.05) is 11.8 Å². The smallest absolute Gasteiger partial charge is 0.198 e. The molecule has 0 aromatic heterocycles. The van der Waals surface area contributed by atoms with E-state index in [4.69, 9.17) is 10.5 Å². The van der Waals surface area contributed by atoms with Crippen molar-refractivity contribution in [2.24, 2.45) is 5.73 Å². The molecular weight excluding hydrogens is 276 g/mol. The van der Waals surface area contributed by atoms with Crippen LogP contribution in [-0.4, -0.2) is 11.7 Å². The fraction of sp³-hybridized carbons (Fsp3) is 0.167. The summed E-state index contributed by atoms with van der Waals surface area (Å²) < 4.78 is 5.51. The summed E-state index contributed by atoms with van der Waals surface area (Å²) in [5.41, 5.74) is 8.35. The van der Waals surface area contributed by atoms with Crippen LogP contribution in [0.2, 0.25) is 0 Å². The Morgan fingerprint density at radius 1 is 1.05 bits per heavy atom. The van der Waals surface area contributed by atoms with E-state index in [1.54, 1.807) is 12.1 Å². The molecule has 2 unspecified atom stereocenters. The Hall–Kier alpha value is -2.93. The number of phenols is 1. The fourth-order valence-electron chi connectivity index (χ4n) is 2.90. The number of ether oxygens (including phenoxy) is 1. The molecule has 1 aliphatic heterocycles. The highest BCUT2D eigenvalue weighted by Gasteiger charge is 2.34. The predicted molar refractivity (Wildman–Crippen MR) is 82.8 cm³/mol. The second-order valence-electron chi connectivity index (χ2n) is 5.29. The largest absolute Gasteiger partial charge is 0.508 e. The summed E-state index contributed by atoms with van der Waals surface area (Å²) in [5, 5.41) is 19.0. The fourth-order valence-corrected chi connectivity index (χ4v) is 2.90. The van der Waals surface area contributed by atoms with E-state index in [9.17, 15) is 10.4 Å². The Balaban J connectivity index is 2.10. The van der Waals surface area contributed by atoms with Crippen LogP contribution in [-0.2, 0) is 4.74 Å². The molecule has 0 saturated carbocycles. The summed E-state index contributed by atoms with van der Waals surface area (Å²) in [5.74, 6) is 0.213. The molecule has 0 bridgehead atoms. The van der Waals surface area contributed by atoms with Crippen molar-refractivity contribution in [2.45, 2.75) is 11.8 Å². The van der Waals surface area contributed by atoms with E-state index in [2.05, 4.69) is 6.07 Å². The topological polar surface area (TPSA) is 79.3 Å². The molecule has 110 valence electrons. The van der Waals surface area contributed by atoms with E-state index in [0.29, 0.717) is 12.2 Å². The lowest BCUT2D eigenvalue weighted by molar-refractivity contribution is 0.159. The van der Waals surface area contributed by atoms with Crippen LogP contribution in [0.1, 0.15) is 23.0 Å². The molecule has 0 aliphatic carbocycles. The number of phenolic OH excluding ortho intramolecular Hbond substituents is 1. The number of nitrogens with two attached hydrogens (primary N) is 1. The number of hydrogen-bond acceptors (Lipinski definition) is 4. The van der Waals surface area contributed by atoms with Crippen molar-refractivity contribution >= 4 is 0 Å². The van der Waals surface area contributed by atoms with Crippen molar-refractivity contribution in [1.29, 1.82) is 5.26 Å². The van der Waals surface area contributed by atoms with Crippen molar-refractivity contribution < 1.29 is 9.84 Å². The normalized spacial score (nSPS) is 21.0. The van der Waals surface area contributed by atoms with Crippen LogP contribution >= 0.6 is 0 Å². The Morgan fingerprint density at radius 2 is 1.73 bits per heavy atom. The molecule has 3 N–H and O–H groups in total. The zero-order valence-corrected chi connectivity index (χ0v) is 11.9. The lowest BCUT2D eigenvalue weighted by atomic mass is 9.76. The molecule has 0 radical (unpaired) electrons. The average molecular weight is 292 g/mol. The van der Waals surface area contributed by atoms with Gasteiger partial charge in [0.05, 0.1) is 12.2 Å². The number of rotatable bonds is 2. The second kappa shape index (κ2) is 5.82. The van der Waals surface area contributed by atoms with Crippen LogP contribution in [0.5, 0.6) is 5.75 Å². The van der Waals surface area contributed by atoms with Gasteiger partial charge in [0.25, 0.3) is 0 Å². The third kappa shape index (κ3) is 2.49. The van der Waals surface area contributed by atoms with Crippen LogP contribution < -0.4 is 5.73 Å². The maximum Gasteiger partial charge on any atom is 0.198 e. The zero-order chi connectivity index (χ0) is 15.5. The molecule has 1 aliphatic rings. The minimum absolute atomic E-state index is 0.00712. The maximum atomic E-state index is 9.50. The highest BCUT2D eigenvalue weighted by molar-refractivity contribution is 5.45. The van der Waals surface area contributed by atoms with Crippen molar-refractivity contribution in [3.63, 3.8) is 0 Å². The molecule has 0 fully saturated rings. The Morgan fingerprint density at radius 3 is 2.36 bits per heavy atom. The second-order valence-corrected chi connectivity index (χ2v) is 5.29. The van der Waals surface area contributed by atoms with Crippen LogP contribution in [0, 0.1) is 11.3 Å². The minimum Gasteiger partial charge on any atom is -0.508 e. The highest BCUT2D eigenvalue weighted by Crippen LogP contribution is 2.42. The number of hydrogen-bond donors (Lipinski definition) is 2. The maximum absolute atomic E-state index is 9.50. The van der Waals surface area contributed by atoms with Gasteiger partial charge in [-0.2, -0.15) is 5.26 Å². The molecule has 2 aromatic carbocycles. The molecule has 1 heterocycles. The van der Waals surface area contributed by atoms with E-state index in [0.717, 1.165) is 11.1 Å². The van der Waals surface area contributed by atoms with Gasteiger partial charge < -0.3 is 15.6 Å². The van der Waals surface area contributed by atoms with Gasteiger partial charge in [0.1, 0.15) is 11.8 Å². The molecule has 22 heavy (non-hydrogen) atoms. The number of benzene rings is 2. The molecule has 4 nitrogen and oxygen atoms in total. The van der Waals surface area contributed by atoms with Gasteiger partial charge in [-0.1, -0.05) is 42.5 Å². The van der Waals surface area contributed by atoms with Gasteiger partial charge in [0.15, 0.2) is 5.88 Å². The standard InChI is InChI=1S/C18H16N2O2/c19-10-15-17(13-6-8-14(21)9-7-13)16(11-22-18(15)20)12-4-2-1-3-5-12/h1-9,16-17,21H,11,20H2. The van der Waals surface area contributed by atoms with Crippen LogP contribution in [0.4, 0.5) is 0 Å². The summed E-state index contributed by atoms with van der Waals surface area (Å²) in [7, 11) is 0. The molecule has 3 rings (SSSR count). The lowest BCUT2D eigenvalue weighted by Crippen LogP contribution is -2.27. The predicted octanol–water partition coefficient (Wildman–Crippen LogP) is 2.98. The first-order valence-corrected chi connectivity index (χ1v) is 7.07. The van der Waals surface area contributed by atoms with Crippen molar-refractivity contribution in [2.75, 3.05) is 6.61 Å². The van der Waals surface area contributed by atoms with Crippen molar-refractivity contribution in [3.8, 4) is 11.8 Å². The highest BCUT2D eigenvalue weighted by atomic mass is 16.5. The van der Waals surface area contributed by atoms with E-state index in [1.165, 1.54) is 0 Å². The van der Waals surface area contributed by atoms with Gasteiger partial charge in [-0.25, -0.2) is 0 Å². The van der Waals surface area contributed by atoms with Crippen molar-refractivity contribution in [1.82, 2.24) is 0 Å². The van der Waals surface area contributed by atoms with E-state index in [1.807, 2.05) is 42.5 Å². The SMILES string of the molecule is N#CC1=C(N)OCC(c2ccccc2)C1c1ccc(O)cc1. The van der Waals surface area contributed by atoms with Crippen molar-refractivity contribution in [3.05, 3.63) is 77.2 Å². The van der Waals surface area contributed by atoms with Gasteiger partial charge >= 0.3 is 0 Å². The lowest BCUT2D eigenvalue weighted by Gasteiger charge is -2.32. The Bertz CT molecular complexity index is 730. The Kier molecular flexibility index (Phi) is 3.71. The molecule has 0 amide bonds. The van der Waals surface area contributed by atoms with Gasteiger partial charge in [-0.05, 0) is 23.3 Å². The molecule has 2 aromatic rings. The summed E-state index contributed by atoms with van der Waals surface area (Å²) in [6.45, 7) is 0.423. The van der Waals surface area contributed by atoms with E-state index >= 15 is 0 Å². The number of nitriles is 1. The van der Waals surface area contributed by atoms with E-state index < -0.39 is 0 Å². The first-order valence-electron chi connectivity index (χ1n) is 7.07. The summed E-state index contributed by atoms with van der Waals surface area (Å²) in [6.07, 6.45) is 0. The summed E-state index contributed by atoms with van der Waals surface area (Å²) >= 11 is 0. The van der Waals surface area contributed by atoms with Gasteiger partial charge in [-0.3, -0.25) is 0 Å². The first-order chi connectivity index (χ1) is 10.7. The number of aromatic hydroxyl groups is 1. The number of allylic oxidation sites excluding steroid dienone is 1. The number of nitrogens with zero attached hydrogens (tertiary/aromatic N) is 1. The van der Waals surface area contributed by atoms with Crippen LogP contribution in [0.3, 0.4) is 0 Å². The summed E-state index contributed by atoms with van der Waals surface area (Å²) in [6, 6.07) is 19.0. The third-order valence-electron chi connectivity index (χ3n) is 4.00. The third-order valence-corrected chi connectivity index (χ3v) is 4.00.